The van der Waals surface area contributed by atoms with Gasteiger partial charge in [-0.25, -0.2) is 4.98 Å². The number of nitrogens with zero attached hydrogens (tertiary/aromatic N) is 1. The van der Waals surface area contributed by atoms with Crippen LogP contribution in [-0.2, 0) is 19.4 Å². The molecule has 0 bridgehead atoms. The molecule has 1 unspecified atom stereocenters. The predicted molar refractivity (Wildman–Crippen MR) is 94.4 cm³/mol. The van der Waals surface area contributed by atoms with E-state index in [1.807, 2.05) is 0 Å². The van der Waals surface area contributed by atoms with Crippen molar-refractivity contribution in [1.82, 2.24) is 4.98 Å². The average molecular weight is 365 g/mol. The number of hydrogen-bond acceptors (Lipinski definition) is 5. The highest BCUT2D eigenvalue weighted by Crippen LogP contribution is 2.45. The van der Waals surface area contributed by atoms with E-state index < -0.39 is 10.4 Å². The summed E-state index contributed by atoms with van der Waals surface area (Å²) >= 11 is 1.21. The van der Waals surface area contributed by atoms with Gasteiger partial charge in [-0.05, 0) is 42.5 Å². The van der Waals surface area contributed by atoms with Crippen LogP contribution in [0.4, 0.5) is 10.8 Å². The summed E-state index contributed by atoms with van der Waals surface area (Å²) in [6.07, 6.45) is 3.29. The Morgan fingerprint density at radius 3 is 2.54 bits per heavy atom. The molecule has 1 heterocycles. The second kappa shape index (κ2) is 6.27. The summed E-state index contributed by atoms with van der Waals surface area (Å²) in [5.74, 6) is 0.0285. The van der Waals surface area contributed by atoms with Crippen LogP contribution in [0.15, 0.2) is 40.7 Å². The van der Waals surface area contributed by atoms with E-state index in [1.54, 1.807) is 17.5 Å². The van der Waals surface area contributed by atoms with Crippen LogP contribution < -0.4 is 10.0 Å². The second-order valence-corrected chi connectivity index (χ2v) is 9.30. The van der Waals surface area contributed by atoms with E-state index in [9.17, 15) is 13.6 Å². The average Bonchev–Trinajstić information content (AvgIpc) is 2.97. The Balaban J connectivity index is 1.63. The van der Waals surface area contributed by atoms with E-state index in [2.05, 4.69) is 28.9 Å². The number of rotatable bonds is 5. The molecule has 1 fully saturated rings. The maximum absolute atomic E-state index is 12.2. The number of hydrogen-bond donors (Lipinski definition) is 2. The van der Waals surface area contributed by atoms with Gasteiger partial charge in [-0.2, -0.15) is 4.72 Å². The van der Waals surface area contributed by atoms with Gasteiger partial charge in [-0.15, -0.1) is 11.3 Å². The molecule has 1 atom stereocenters. The normalized spacial score (nSPS) is 19.1. The minimum atomic E-state index is -3.67. The maximum Gasteiger partial charge on any atom is 0.227 e. The fourth-order valence-electron chi connectivity index (χ4n) is 2.87. The molecule has 1 saturated carbocycles. The number of carbonyl (C=O) groups is 1. The number of anilines is 2. The number of benzene rings is 1. The highest BCUT2D eigenvalue weighted by Gasteiger charge is 2.40. The lowest BCUT2D eigenvalue weighted by Crippen LogP contribution is -2.39. The van der Waals surface area contributed by atoms with Gasteiger partial charge < -0.3 is 9.87 Å². The summed E-state index contributed by atoms with van der Waals surface area (Å²) in [6, 6.07) is 6.13. The molecule has 0 radical (unpaired) electrons. The lowest BCUT2D eigenvalue weighted by atomic mass is 9.64. The van der Waals surface area contributed by atoms with Crippen LogP contribution in [0.1, 0.15) is 26.7 Å². The van der Waals surface area contributed by atoms with Gasteiger partial charge >= 0.3 is 0 Å². The molecule has 0 saturated heterocycles. The molecular formula is C16H19N3O3S2. The predicted octanol–water partition coefficient (Wildman–Crippen LogP) is 3.53. The highest BCUT2D eigenvalue weighted by molar-refractivity contribution is 7.99. The molecule has 1 aromatic heterocycles. The van der Waals surface area contributed by atoms with E-state index >= 15 is 0 Å². The Bertz CT molecular complexity index is 764. The SMILES string of the molecule is CC1(C)CC(C(=O)Nc2ccc([S+](=O)([O-])Nc3nccs3)cc2)C1. The molecule has 1 aliphatic rings. The van der Waals surface area contributed by atoms with Gasteiger partial charge in [0.2, 0.25) is 11.0 Å². The molecule has 6 nitrogen and oxygen atoms in total. The van der Waals surface area contributed by atoms with Crippen molar-refractivity contribution in [2.45, 2.75) is 31.6 Å². The van der Waals surface area contributed by atoms with Gasteiger partial charge in [0.1, 0.15) is 0 Å². The van der Waals surface area contributed by atoms with E-state index in [4.69, 9.17) is 0 Å². The lowest BCUT2D eigenvalue weighted by molar-refractivity contribution is -0.126. The molecular weight excluding hydrogens is 346 g/mol. The molecule has 1 aromatic carbocycles. The van der Waals surface area contributed by atoms with Crippen LogP contribution in [0.25, 0.3) is 0 Å². The topological polar surface area (TPSA) is 94.2 Å². The first-order valence-corrected chi connectivity index (χ1v) is 9.95. The molecule has 2 N–H and O–H groups in total. The number of amides is 1. The monoisotopic (exact) mass is 365 g/mol. The Labute approximate surface area is 146 Å². The molecule has 8 heteroatoms. The summed E-state index contributed by atoms with van der Waals surface area (Å²) < 4.78 is 26.9. The fourth-order valence-corrected chi connectivity index (χ4v) is 4.66. The molecule has 128 valence electrons. The van der Waals surface area contributed by atoms with Crippen LogP contribution >= 0.6 is 11.3 Å². The van der Waals surface area contributed by atoms with E-state index in [1.165, 1.54) is 29.7 Å². The van der Waals surface area contributed by atoms with Crippen LogP contribution in [-0.4, -0.2) is 15.4 Å². The number of thiazole rings is 1. The third-order valence-corrected chi connectivity index (χ3v) is 6.23. The largest absolute Gasteiger partial charge is 0.588 e. The first kappa shape index (κ1) is 17.1. The molecule has 0 aliphatic heterocycles. The molecule has 1 aliphatic carbocycles. The maximum atomic E-state index is 12.2. The van der Waals surface area contributed by atoms with E-state index in [0.717, 1.165) is 12.8 Å². The van der Waals surface area contributed by atoms with Crippen molar-refractivity contribution in [2.75, 3.05) is 10.0 Å². The number of aromatic nitrogens is 1. The fraction of sp³-hybridized carbons (Fsp3) is 0.375. The summed E-state index contributed by atoms with van der Waals surface area (Å²) in [4.78, 5) is 16.2. The minimum Gasteiger partial charge on any atom is -0.588 e. The first-order chi connectivity index (χ1) is 11.3. The van der Waals surface area contributed by atoms with Crippen molar-refractivity contribution < 1.29 is 13.6 Å². The quantitative estimate of drug-likeness (QED) is 0.793. The Hall–Kier alpha value is -1.77. The van der Waals surface area contributed by atoms with Crippen LogP contribution in [0.2, 0.25) is 0 Å². The van der Waals surface area contributed by atoms with Gasteiger partial charge in [0.25, 0.3) is 0 Å². The smallest absolute Gasteiger partial charge is 0.227 e. The van der Waals surface area contributed by atoms with Crippen molar-refractivity contribution in [2.24, 2.45) is 11.3 Å². The van der Waals surface area contributed by atoms with Gasteiger partial charge in [-0.3, -0.25) is 4.79 Å². The van der Waals surface area contributed by atoms with Crippen LogP contribution in [0.3, 0.4) is 0 Å². The van der Waals surface area contributed by atoms with Gasteiger partial charge in [0, 0.05) is 23.2 Å². The Morgan fingerprint density at radius 1 is 1.33 bits per heavy atom. The van der Waals surface area contributed by atoms with Crippen molar-refractivity contribution in [3.8, 4) is 0 Å². The standard InChI is InChI=1S/C16H19N3O3S2/c1-16(2)9-11(10-16)14(20)18-12-3-5-13(6-4-12)24(21,22)19-15-17-7-8-23-15/h3-8,11H,9-10H2,1-2H3,(H2-,17,18,19,20,21,22). The molecule has 0 spiro atoms. The van der Waals surface area contributed by atoms with Crippen molar-refractivity contribution >= 4 is 38.5 Å². The lowest BCUT2D eigenvalue weighted by Gasteiger charge is -2.41. The number of nitrogens with one attached hydrogen (secondary N) is 2. The van der Waals surface area contributed by atoms with Gasteiger partial charge in [0.15, 0.2) is 15.3 Å². The first-order valence-electron chi connectivity index (χ1n) is 7.58. The minimum absolute atomic E-state index is 0.00848. The zero-order chi connectivity index (χ0) is 17.4. The van der Waals surface area contributed by atoms with Crippen molar-refractivity contribution in [3.05, 3.63) is 35.8 Å². The Morgan fingerprint density at radius 2 is 2.00 bits per heavy atom. The van der Waals surface area contributed by atoms with Crippen molar-refractivity contribution in [3.63, 3.8) is 0 Å². The number of sulfonamides is 1. The zero-order valence-electron chi connectivity index (χ0n) is 13.4. The summed E-state index contributed by atoms with van der Waals surface area (Å²) in [6.45, 7) is 4.29. The van der Waals surface area contributed by atoms with Gasteiger partial charge in [0.05, 0.1) is 0 Å². The van der Waals surface area contributed by atoms with E-state index in [0.29, 0.717) is 10.8 Å². The van der Waals surface area contributed by atoms with E-state index in [-0.39, 0.29) is 22.1 Å². The molecule has 1 amide bonds. The summed E-state index contributed by atoms with van der Waals surface area (Å²) in [5, 5.41) is 4.85. The zero-order valence-corrected chi connectivity index (χ0v) is 15.1. The van der Waals surface area contributed by atoms with Crippen LogP contribution in [0.5, 0.6) is 0 Å². The molecule has 2 aromatic rings. The number of carbonyl (C=O) groups excluding carboxylic acids is 1. The highest BCUT2D eigenvalue weighted by atomic mass is 32.3. The third-order valence-electron chi connectivity index (χ3n) is 4.05. The molecule has 3 rings (SSSR count). The second-order valence-electron chi connectivity index (χ2n) is 6.73. The third kappa shape index (κ3) is 3.82. The molecule has 24 heavy (non-hydrogen) atoms. The van der Waals surface area contributed by atoms with Crippen molar-refractivity contribution in [1.29, 1.82) is 0 Å². The Kier molecular flexibility index (Phi) is 4.46. The van der Waals surface area contributed by atoms with Crippen LogP contribution in [0, 0.1) is 11.3 Å². The summed E-state index contributed by atoms with van der Waals surface area (Å²) in [7, 11) is -3.67. The summed E-state index contributed by atoms with van der Waals surface area (Å²) in [5.41, 5.74) is 0.833. The van der Waals surface area contributed by atoms with Gasteiger partial charge in [-0.1, -0.05) is 18.1 Å².